The lowest BCUT2D eigenvalue weighted by molar-refractivity contribution is -0.110. The Morgan fingerprint density at radius 1 is 1.13 bits per heavy atom. The summed E-state index contributed by atoms with van der Waals surface area (Å²) < 4.78 is 7.46. The minimum absolute atomic E-state index is 0.0732. The number of hydrogen-bond donors (Lipinski definition) is 2. The van der Waals surface area contributed by atoms with Crippen molar-refractivity contribution in [3.63, 3.8) is 0 Å². The maximum absolute atomic E-state index is 12.7. The van der Waals surface area contributed by atoms with Crippen molar-refractivity contribution in [2.45, 2.75) is 38.6 Å². The molecule has 0 saturated heterocycles. The lowest BCUT2D eigenvalue weighted by atomic mass is 9.91. The first-order valence-electron chi connectivity index (χ1n) is 10.4. The van der Waals surface area contributed by atoms with E-state index in [0.717, 1.165) is 51.3 Å². The molecule has 152 valence electrons. The normalized spacial score (nSPS) is 17.4. The molecule has 1 aliphatic heterocycles. The van der Waals surface area contributed by atoms with Crippen LogP contribution in [-0.2, 0) is 17.6 Å². The number of carbonyl (C=O) groups is 1. The van der Waals surface area contributed by atoms with Gasteiger partial charge in [-0.15, -0.1) is 0 Å². The summed E-state index contributed by atoms with van der Waals surface area (Å²) in [6, 6.07) is 16.3. The van der Waals surface area contributed by atoms with Crippen LogP contribution in [0.4, 0.5) is 11.4 Å². The highest BCUT2D eigenvalue weighted by Crippen LogP contribution is 2.39. The van der Waals surface area contributed by atoms with Crippen molar-refractivity contribution in [3.05, 3.63) is 80.3 Å². The number of furan rings is 1. The number of benzene rings is 2. The molecule has 2 aromatic carbocycles. The highest BCUT2D eigenvalue weighted by atomic mass is 127. The van der Waals surface area contributed by atoms with Gasteiger partial charge in [-0.2, -0.15) is 0 Å². The second-order valence-corrected chi connectivity index (χ2v) is 9.17. The highest BCUT2D eigenvalue weighted by Gasteiger charge is 2.29. The van der Waals surface area contributed by atoms with E-state index in [0.29, 0.717) is 5.57 Å². The molecule has 2 aliphatic rings. The standard InChI is InChI=1S/C25H23IN2O2/c1-15(27-17-7-3-2-4-8-17)24-18-9-5-6-10-22(18)30-23(24)14-20-19-13-16(26)11-12-21(19)28-25(20)29/h2-4,7-8,11-15,27H,5-6,9-10H2,1H3,(H,28,29). The second-order valence-electron chi connectivity index (χ2n) is 7.92. The Morgan fingerprint density at radius 3 is 2.77 bits per heavy atom. The lowest BCUT2D eigenvalue weighted by Crippen LogP contribution is -2.11. The minimum Gasteiger partial charge on any atom is -0.461 e. The third kappa shape index (κ3) is 3.55. The number of amides is 1. The molecule has 4 nitrogen and oxygen atoms in total. The van der Waals surface area contributed by atoms with Gasteiger partial charge in [0.2, 0.25) is 0 Å². The van der Waals surface area contributed by atoms with Crippen molar-refractivity contribution in [3.8, 4) is 0 Å². The molecule has 1 aliphatic carbocycles. The molecule has 1 aromatic heterocycles. The van der Waals surface area contributed by atoms with Crippen molar-refractivity contribution in [1.29, 1.82) is 0 Å². The Balaban J connectivity index is 1.59. The SMILES string of the molecule is CC(Nc1ccccc1)c1c(C=C2C(=O)Nc3ccc(I)cc32)oc2c1CCCC2. The minimum atomic E-state index is -0.0732. The third-order valence-electron chi connectivity index (χ3n) is 5.87. The predicted octanol–water partition coefficient (Wildman–Crippen LogP) is 6.43. The average molecular weight is 510 g/mol. The van der Waals surface area contributed by atoms with Gasteiger partial charge in [0.05, 0.1) is 11.6 Å². The molecule has 30 heavy (non-hydrogen) atoms. The van der Waals surface area contributed by atoms with Gasteiger partial charge in [-0.3, -0.25) is 4.79 Å². The molecule has 0 radical (unpaired) electrons. The van der Waals surface area contributed by atoms with Gasteiger partial charge >= 0.3 is 0 Å². The first-order chi connectivity index (χ1) is 14.6. The van der Waals surface area contributed by atoms with Crippen LogP contribution in [0.5, 0.6) is 0 Å². The van der Waals surface area contributed by atoms with Crippen LogP contribution in [0.25, 0.3) is 11.6 Å². The summed E-state index contributed by atoms with van der Waals surface area (Å²) in [7, 11) is 0. The van der Waals surface area contributed by atoms with Crippen LogP contribution >= 0.6 is 22.6 Å². The van der Waals surface area contributed by atoms with Gasteiger partial charge in [0.1, 0.15) is 11.5 Å². The molecule has 5 rings (SSSR count). The van der Waals surface area contributed by atoms with E-state index >= 15 is 0 Å². The summed E-state index contributed by atoms with van der Waals surface area (Å²) in [4.78, 5) is 12.7. The van der Waals surface area contributed by atoms with Crippen LogP contribution in [0, 0.1) is 3.57 Å². The van der Waals surface area contributed by atoms with Crippen LogP contribution in [0.1, 0.15) is 54.0 Å². The van der Waals surface area contributed by atoms with Crippen molar-refractivity contribution >= 4 is 51.5 Å². The van der Waals surface area contributed by atoms with Gasteiger partial charge in [-0.05, 0) is 90.7 Å². The fraction of sp³-hybridized carbons (Fsp3) is 0.240. The van der Waals surface area contributed by atoms with Gasteiger partial charge in [-0.25, -0.2) is 0 Å². The molecule has 0 fully saturated rings. The van der Waals surface area contributed by atoms with Crippen LogP contribution < -0.4 is 10.6 Å². The second kappa shape index (κ2) is 7.95. The Morgan fingerprint density at radius 2 is 1.93 bits per heavy atom. The summed E-state index contributed by atoms with van der Waals surface area (Å²) in [6.45, 7) is 2.17. The summed E-state index contributed by atoms with van der Waals surface area (Å²) in [5, 5.41) is 6.59. The summed E-state index contributed by atoms with van der Waals surface area (Å²) in [5.41, 5.74) is 6.03. The number of fused-ring (bicyclic) bond motifs is 2. The molecule has 0 bridgehead atoms. The molecule has 5 heteroatoms. The zero-order valence-electron chi connectivity index (χ0n) is 16.8. The van der Waals surface area contributed by atoms with Crippen molar-refractivity contribution in [2.75, 3.05) is 10.6 Å². The maximum atomic E-state index is 12.7. The van der Waals surface area contributed by atoms with Crippen LogP contribution in [0.3, 0.4) is 0 Å². The van der Waals surface area contributed by atoms with E-state index in [2.05, 4.69) is 52.3 Å². The summed E-state index contributed by atoms with van der Waals surface area (Å²) >= 11 is 2.28. The molecule has 0 spiro atoms. The number of carbonyl (C=O) groups excluding carboxylic acids is 1. The summed E-state index contributed by atoms with van der Waals surface area (Å²) in [6.07, 6.45) is 6.25. The van der Waals surface area contributed by atoms with E-state index in [1.165, 1.54) is 17.5 Å². The fourth-order valence-corrected chi connectivity index (χ4v) is 4.98. The monoisotopic (exact) mass is 510 g/mol. The maximum Gasteiger partial charge on any atom is 0.256 e. The molecule has 2 heterocycles. The molecule has 1 unspecified atom stereocenters. The van der Waals surface area contributed by atoms with E-state index in [-0.39, 0.29) is 11.9 Å². The number of halogens is 1. The van der Waals surface area contributed by atoms with E-state index in [4.69, 9.17) is 4.42 Å². The predicted molar refractivity (Wildman–Crippen MR) is 129 cm³/mol. The van der Waals surface area contributed by atoms with Gasteiger partial charge in [0, 0.05) is 32.5 Å². The van der Waals surface area contributed by atoms with Crippen molar-refractivity contribution < 1.29 is 9.21 Å². The fourth-order valence-electron chi connectivity index (χ4n) is 4.48. The number of anilines is 2. The lowest BCUT2D eigenvalue weighted by Gasteiger charge is -2.18. The van der Waals surface area contributed by atoms with E-state index in [9.17, 15) is 4.79 Å². The van der Waals surface area contributed by atoms with Gasteiger partial charge in [0.25, 0.3) is 5.91 Å². The highest BCUT2D eigenvalue weighted by molar-refractivity contribution is 14.1. The quantitative estimate of drug-likeness (QED) is 0.314. The smallest absolute Gasteiger partial charge is 0.256 e. The Labute approximate surface area is 189 Å². The molecular weight excluding hydrogens is 487 g/mol. The molecular formula is C25H23IN2O2. The topological polar surface area (TPSA) is 54.3 Å². The summed E-state index contributed by atoms with van der Waals surface area (Å²) in [5.74, 6) is 1.80. The molecule has 3 aromatic rings. The van der Waals surface area contributed by atoms with Crippen LogP contribution in [-0.4, -0.2) is 5.91 Å². The molecule has 1 atom stereocenters. The Hall–Kier alpha value is -2.54. The zero-order valence-corrected chi connectivity index (χ0v) is 19.0. The molecule has 2 N–H and O–H groups in total. The van der Waals surface area contributed by atoms with E-state index in [1.54, 1.807) is 0 Å². The van der Waals surface area contributed by atoms with E-state index < -0.39 is 0 Å². The average Bonchev–Trinajstić information content (AvgIpc) is 3.26. The number of para-hydroxylation sites is 1. The Kier molecular flexibility index (Phi) is 5.15. The molecule has 1 amide bonds. The van der Waals surface area contributed by atoms with Gasteiger partial charge < -0.3 is 15.1 Å². The number of aryl methyl sites for hydroxylation is 1. The Bertz CT molecular complexity index is 1150. The van der Waals surface area contributed by atoms with Gasteiger partial charge in [-0.1, -0.05) is 18.2 Å². The van der Waals surface area contributed by atoms with Gasteiger partial charge in [0.15, 0.2) is 0 Å². The first kappa shape index (κ1) is 19.4. The number of hydrogen-bond acceptors (Lipinski definition) is 3. The van der Waals surface area contributed by atoms with Crippen molar-refractivity contribution in [2.24, 2.45) is 0 Å². The molecule has 0 saturated carbocycles. The number of rotatable bonds is 4. The zero-order chi connectivity index (χ0) is 20.7. The first-order valence-corrected chi connectivity index (χ1v) is 11.5. The number of nitrogens with one attached hydrogen (secondary N) is 2. The largest absolute Gasteiger partial charge is 0.461 e. The third-order valence-corrected chi connectivity index (χ3v) is 6.54. The van der Waals surface area contributed by atoms with Crippen LogP contribution in [0.15, 0.2) is 52.9 Å². The van der Waals surface area contributed by atoms with Crippen molar-refractivity contribution in [1.82, 2.24) is 0 Å². The van der Waals surface area contributed by atoms with Crippen LogP contribution in [0.2, 0.25) is 0 Å². The van der Waals surface area contributed by atoms with E-state index in [1.807, 2.05) is 42.5 Å².